The Morgan fingerprint density at radius 2 is 1.24 bits per heavy atom. The van der Waals surface area contributed by atoms with Gasteiger partial charge < -0.3 is 5.32 Å². The van der Waals surface area contributed by atoms with Crippen molar-refractivity contribution in [2.24, 2.45) is 11.8 Å². The Labute approximate surface area is 120 Å². The SMILES string of the molecule is CNC(c1c(F)c(F)c(F)c(F)c1F)C1CCC(C)CC1. The predicted molar refractivity (Wildman–Crippen MR) is 69.2 cm³/mol. The Morgan fingerprint density at radius 1 is 0.810 bits per heavy atom. The Bertz CT molecular complexity index is 494. The van der Waals surface area contributed by atoms with E-state index in [2.05, 4.69) is 12.2 Å². The highest BCUT2D eigenvalue weighted by molar-refractivity contribution is 5.27. The van der Waals surface area contributed by atoms with E-state index in [1.54, 1.807) is 0 Å². The van der Waals surface area contributed by atoms with Crippen molar-refractivity contribution in [3.63, 3.8) is 0 Å². The van der Waals surface area contributed by atoms with E-state index in [4.69, 9.17) is 0 Å². The summed E-state index contributed by atoms with van der Waals surface area (Å²) in [5.74, 6) is -8.95. The van der Waals surface area contributed by atoms with Crippen molar-refractivity contribution in [2.75, 3.05) is 7.05 Å². The van der Waals surface area contributed by atoms with Crippen LogP contribution in [0.3, 0.4) is 0 Å². The van der Waals surface area contributed by atoms with Gasteiger partial charge in [0.05, 0.1) is 0 Å². The summed E-state index contributed by atoms with van der Waals surface area (Å²) in [6, 6.07) is -0.873. The zero-order chi connectivity index (χ0) is 15.7. The summed E-state index contributed by atoms with van der Waals surface area (Å²) in [5.41, 5.74) is -0.742. The summed E-state index contributed by atoms with van der Waals surface area (Å²) >= 11 is 0. The minimum atomic E-state index is -2.11. The Hall–Kier alpha value is -1.17. The van der Waals surface area contributed by atoms with Gasteiger partial charge in [0, 0.05) is 11.6 Å². The van der Waals surface area contributed by atoms with Crippen LogP contribution in [0, 0.1) is 40.9 Å². The smallest absolute Gasteiger partial charge is 0.200 e. The fraction of sp³-hybridized carbons (Fsp3) is 0.600. The number of benzene rings is 1. The van der Waals surface area contributed by atoms with Crippen LogP contribution in [-0.2, 0) is 0 Å². The van der Waals surface area contributed by atoms with Crippen LogP contribution in [0.25, 0.3) is 0 Å². The average molecular weight is 307 g/mol. The van der Waals surface area contributed by atoms with E-state index in [-0.39, 0.29) is 5.92 Å². The Morgan fingerprint density at radius 3 is 1.67 bits per heavy atom. The van der Waals surface area contributed by atoms with Crippen LogP contribution >= 0.6 is 0 Å². The Balaban J connectivity index is 2.43. The van der Waals surface area contributed by atoms with Crippen molar-refractivity contribution >= 4 is 0 Å². The summed E-state index contributed by atoms with van der Waals surface area (Å²) in [7, 11) is 1.47. The van der Waals surface area contributed by atoms with E-state index in [0.717, 1.165) is 12.8 Å². The maximum Gasteiger partial charge on any atom is 0.200 e. The summed E-state index contributed by atoms with van der Waals surface area (Å²) < 4.78 is 67.6. The normalized spacial score (nSPS) is 24.1. The van der Waals surface area contributed by atoms with Gasteiger partial charge in [0.2, 0.25) is 5.82 Å². The van der Waals surface area contributed by atoms with E-state index in [1.165, 1.54) is 7.05 Å². The molecule has 1 fully saturated rings. The number of rotatable bonds is 3. The van der Waals surface area contributed by atoms with Gasteiger partial charge in [-0.3, -0.25) is 0 Å². The highest BCUT2D eigenvalue weighted by Gasteiger charge is 2.34. The summed E-state index contributed by atoms with van der Waals surface area (Å²) in [5, 5.41) is 2.72. The molecule has 0 saturated heterocycles. The molecule has 0 aliphatic heterocycles. The summed E-state index contributed by atoms with van der Waals surface area (Å²) in [6.45, 7) is 2.09. The molecule has 1 N–H and O–H groups in total. The van der Waals surface area contributed by atoms with Crippen molar-refractivity contribution < 1.29 is 22.0 Å². The molecule has 1 nitrogen and oxygen atoms in total. The molecule has 1 atom stereocenters. The van der Waals surface area contributed by atoms with Crippen LogP contribution in [0.5, 0.6) is 0 Å². The second-order valence-electron chi connectivity index (χ2n) is 5.77. The summed E-state index contributed by atoms with van der Waals surface area (Å²) in [6.07, 6.45) is 3.18. The molecule has 0 radical (unpaired) electrons. The third-order valence-electron chi connectivity index (χ3n) is 4.40. The van der Waals surface area contributed by atoms with Crippen LogP contribution < -0.4 is 5.32 Å². The number of nitrogens with one attached hydrogen (secondary N) is 1. The molecule has 0 heterocycles. The van der Waals surface area contributed by atoms with Gasteiger partial charge in [-0.15, -0.1) is 0 Å². The third-order valence-corrected chi connectivity index (χ3v) is 4.40. The highest BCUT2D eigenvalue weighted by atomic mass is 19.2. The van der Waals surface area contributed by atoms with E-state index in [9.17, 15) is 22.0 Å². The van der Waals surface area contributed by atoms with Gasteiger partial charge in [-0.25, -0.2) is 22.0 Å². The number of halogens is 5. The number of hydrogen-bond donors (Lipinski definition) is 1. The number of hydrogen-bond acceptors (Lipinski definition) is 1. The molecular weight excluding hydrogens is 289 g/mol. The first-order valence-corrected chi connectivity index (χ1v) is 7.07. The van der Waals surface area contributed by atoms with Crippen molar-refractivity contribution in [3.8, 4) is 0 Å². The topological polar surface area (TPSA) is 12.0 Å². The van der Waals surface area contributed by atoms with Gasteiger partial charge in [0.25, 0.3) is 0 Å². The average Bonchev–Trinajstić information content (AvgIpc) is 2.49. The molecule has 1 aliphatic rings. The second kappa shape index (κ2) is 6.30. The lowest BCUT2D eigenvalue weighted by molar-refractivity contribution is 0.227. The molecule has 21 heavy (non-hydrogen) atoms. The standard InChI is InChI=1S/C15H18F5N/c1-7-3-5-8(6-4-7)15(21-2)9-10(16)12(18)14(20)13(19)11(9)17/h7-8,15,21H,3-6H2,1-2H3. The van der Waals surface area contributed by atoms with Crippen molar-refractivity contribution in [1.82, 2.24) is 5.32 Å². The molecule has 6 heteroatoms. The van der Waals surface area contributed by atoms with E-state index < -0.39 is 40.7 Å². The molecule has 1 aromatic carbocycles. The van der Waals surface area contributed by atoms with Crippen LogP contribution in [-0.4, -0.2) is 7.05 Å². The van der Waals surface area contributed by atoms with Crippen molar-refractivity contribution in [3.05, 3.63) is 34.6 Å². The van der Waals surface area contributed by atoms with Crippen LogP contribution in [0.4, 0.5) is 22.0 Å². The van der Waals surface area contributed by atoms with Crippen molar-refractivity contribution in [1.29, 1.82) is 0 Å². The second-order valence-corrected chi connectivity index (χ2v) is 5.77. The van der Waals surface area contributed by atoms with Gasteiger partial charge in [-0.05, 0) is 31.7 Å². The third kappa shape index (κ3) is 2.91. The van der Waals surface area contributed by atoms with E-state index in [1.807, 2.05) is 0 Å². The quantitative estimate of drug-likeness (QED) is 0.493. The monoisotopic (exact) mass is 307 g/mol. The Kier molecular flexibility index (Phi) is 4.86. The van der Waals surface area contributed by atoms with Gasteiger partial charge >= 0.3 is 0 Å². The van der Waals surface area contributed by atoms with Gasteiger partial charge in [0.15, 0.2) is 23.3 Å². The van der Waals surface area contributed by atoms with Gasteiger partial charge in [0.1, 0.15) is 0 Å². The molecule has 1 aliphatic carbocycles. The van der Waals surface area contributed by atoms with Crippen molar-refractivity contribution in [2.45, 2.75) is 38.6 Å². The molecule has 1 aromatic rings. The maximum absolute atomic E-state index is 13.9. The molecule has 118 valence electrons. The maximum atomic E-state index is 13.9. The van der Waals surface area contributed by atoms with E-state index >= 15 is 0 Å². The lowest BCUT2D eigenvalue weighted by atomic mass is 9.77. The molecule has 0 amide bonds. The lowest BCUT2D eigenvalue weighted by Gasteiger charge is -2.33. The molecule has 0 spiro atoms. The molecule has 0 bridgehead atoms. The van der Waals surface area contributed by atoms with Gasteiger partial charge in [-0.1, -0.05) is 19.8 Å². The molecule has 2 rings (SSSR count). The summed E-state index contributed by atoms with van der Waals surface area (Å²) in [4.78, 5) is 0. The van der Waals surface area contributed by atoms with E-state index in [0.29, 0.717) is 18.8 Å². The minimum absolute atomic E-state index is 0.139. The first-order valence-electron chi connectivity index (χ1n) is 7.07. The van der Waals surface area contributed by atoms with Crippen LogP contribution in [0.1, 0.15) is 44.2 Å². The molecule has 1 unspecified atom stereocenters. The van der Waals surface area contributed by atoms with Crippen LogP contribution in [0.2, 0.25) is 0 Å². The minimum Gasteiger partial charge on any atom is -0.313 e. The molecule has 0 aromatic heterocycles. The molecular formula is C15H18F5N. The molecule has 1 saturated carbocycles. The fourth-order valence-electron chi connectivity index (χ4n) is 3.13. The van der Waals surface area contributed by atoms with Crippen LogP contribution in [0.15, 0.2) is 0 Å². The largest absolute Gasteiger partial charge is 0.313 e. The lowest BCUT2D eigenvalue weighted by Crippen LogP contribution is -2.31. The zero-order valence-electron chi connectivity index (χ0n) is 12.0. The zero-order valence-corrected chi connectivity index (χ0v) is 12.0. The highest BCUT2D eigenvalue weighted by Crippen LogP contribution is 2.39. The first-order chi connectivity index (χ1) is 9.88. The fourth-order valence-corrected chi connectivity index (χ4v) is 3.13. The van der Waals surface area contributed by atoms with Gasteiger partial charge in [-0.2, -0.15) is 0 Å². The predicted octanol–water partition coefficient (Wildman–Crippen LogP) is 4.47. The first kappa shape index (κ1) is 16.2.